The maximum Gasteiger partial charge on any atom is 0.251 e. The second-order valence-corrected chi connectivity index (χ2v) is 10.1. The SMILES string of the molecule is CCC1CCCCN1CCCNC(=O)C1=CCC2C(=O)N(Cc3ccc(Cl)cc3)C(=S)NC2=C1. The molecule has 1 aromatic rings. The molecule has 0 spiro atoms. The predicted octanol–water partition coefficient (Wildman–Crippen LogP) is 4.16. The highest BCUT2D eigenvalue weighted by Gasteiger charge is 2.37. The molecule has 182 valence electrons. The molecule has 2 unspecified atom stereocenters. The van der Waals surface area contributed by atoms with Crippen LogP contribution in [0.2, 0.25) is 5.02 Å². The van der Waals surface area contributed by atoms with Gasteiger partial charge >= 0.3 is 0 Å². The van der Waals surface area contributed by atoms with Crippen LogP contribution in [0.15, 0.2) is 47.7 Å². The van der Waals surface area contributed by atoms with Crippen LogP contribution in [-0.4, -0.2) is 52.4 Å². The largest absolute Gasteiger partial charge is 0.352 e. The lowest BCUT2D eigenvalue weighted by atomic mass is 9.90. The zero-order chi connectivity index (χ0) is 24.1. The lowest BCUT2D eigenvalue weighted by molar-refractivity contribution is -0.131. The summed E-state index contributed by atoms with van der Waals surface area (Å²) in [7, 11) is 0. The van der Waals surface area contributed by atoms with E-state index in [-0.39, 0.29) is 17.7 Å². The van der Waals surface area contributed by atoms with Gasteiger partial charge in [0.25, 0.3) is 5.91 Å². The second-order valence-electron chi connectivity index (χ2n) is 9.23. The molecule has 0 bridgehead atoms. The Morgan fingerprint density at radius 1 is 1.26 bits per heavy atom. The molecule has 2 heterocycles. The summed E-state index contributed by atoms with van der Waals surface area (Å²) in [6.45, 7) is 5.48. The first kappa shape index (κ1) is 24.9. The lowest BCUT2D eigenvalue weighted by Gasteiger charge is -2.36. The molecule has 6 nitrogen and oxygen atoms in total. The van der Waals surface area contributed by atoms with Gasteiger partial charge in [-0.15, -0.1) is 0 Å². The van der Waals surface area contributed by atoms with Crippen LogP contribution < -0.4 is 10.6 Å². The molecule has 2 amide bonds. The number of rotatable bonds is 8. The van der Waals surface area contributed by atoms with E-state index in [0.29, 0.717) is 47.0 Å². The maximum atomic E-state index is 13.1. The number of hydrogen-bond acceptors (Lipinski definition) is 4. The Balaban J connectivity index is 1.29. The van der Waals surface area contributed by atoms with E-state index in [2.05, 4.69) is 22.5 Å². The molecule has 0 aromatic heterocycles. The van der Waals surface area contributed by atoms with Gasteiger partial charge in [-0.05, 0) is 74.6 Å². The highest BCUT2D eigenvalue weighted by molar-refractivity contribution is 7.80. The Bertz CT molecular complexity index is 991. The van der Waals surface area contributed by atoms with Crippen LogP contribution in [-0.2, 0) is 16.1 Å². The van der Waals surface area contributed by atoms with E-state index in [1.54, 1.807) is 23.1 Å². The zero-order valence-corrected chi connectivity index (χ0v) is 21.3. The minimum absolute atomic E-state index is 0.0485. The summed E-state index contributed by atoms with van der Waals surface area (Å²) < 4.78 is 0. The van der Waals surface area contributed by atoms with Crippen molar-refractivity contribution in [1.29, 1.82) is 0 Å². The summed E-state index contributed by atoms with van der Waals surface area (Å²) in [5.74, 6) is -0.492. The Hall–Kier alpha value is -2.22. The lowest BCUT2D eigenvalue weighted by Crippen LogP contribution is -2.53. The van der Waals surface area contributed by atoms with Crippen LogP contribution >= 0.6 is 23.8 Å². The molecule has 8 heteroatoms. The Morgan fingerprint density at radius 2 is 2.06 bits per heavy atom. The van der Waals surface area contributed by atoms with Crippen LogP contribution in [0.4, 0.5) is 0 Å². The Morgan fingerprint density at radius 3 is 2.82 bits per heavy atom. The second kappa shape index (κ2) is 11.5. The number of hydrogen-bond donors (Lipinski definition) is 2. The molecule has 2 aliphatic heterocycles. The first-order valence-corrected chi connectivity index (χ1v) is 13.1. The van der Waals surface area contributed by atoms with E-state index < -0.39 is 0 Å². The van der Waals surface area contributed by atoms with Gasteiger partial charge < -0.3 is 15.5 Å². The van der Waals surface area contributed by atoms with Gasteiger partial charge in [0.1, 0.15) is 0 Å². The van der Waals surface area contributed by atoms with E-state index in [9.17, 15) is 9.59 Å². The van der Waals surface area contributed by atoms with Crippen molar-refractivity contribution >= 4 is 40.7 Å². The third-order valence-corrected chi connectivity index (χ3v) is 7.54. The van der Waals surface area contributed by atoms with Crippen molar-refractivity contribution < 1.29 is 9.59 Å². The third-order valence-electron chi connectivity index (χ3n) is 6.96. The van der Waals surface area contributed by atoms with Gasteiger partial charge in [0.05, 0.1) is 12.5 Å². The predicted molar refractivity (Wildman–Crippen MR) is 139 cm³/mol. The van der Waals surface area contributed by atoms with E-state index in [1.165, 1.54) is 32.2 Å². The fourth-order valence-corrected chi connectivity index (χ4v) is 5.42. The molecule has 2 saturated heterocycles. The summed E-state index contributed by atoms with van der Waals surface area (Å²) >= 11 is 11.4. The fourth-order valence-electron chi connectivity index (χ4n) is 5.02. The summed E-state index contributed by atoms with van der Waals surface area (Å²) in [6, 6.07) is 8.07. The molecular formula is C26H33ClN4O2S. The molecule has 2 atom stereocenters. The normalized spacial score (nSPS) is 23.1. The van der Waals surface area contributed by atoms with Gasteiger partial charge in [-0.2, -0.15) is 0 Å². The minimum atomic E-state index is -0.347. The van der Waals surface area contributed by atoms with Crippen molar-refractivity contribution in [3.05, 3.63) is 58.3 Å². The summed E-state index contributed by atoms with van der Waals surface area (Å²) in [4.78, 5) is 30.0. The number of likely N-dealkylation sites (tertiary alicyclic amines) is 1. The zero-order valence-electron chi connectivity index (χ0n) is 19.7. The molecule has 2 fully saturated rings. The molecule has 0 radical (unpaired) electrons. The summed E-state index contributed by atoms with van der Waals surface area (Å²) in [6.07, 6.45) is 10.1. The maximum absolute atomic E-state index is 13.1. The number of fused-ring (bicyclic) bond motifs is 1. The summed E-state index contributed by atoms with van der Waals surface area (Å²) in [5, 5.41) is 7.23. The van der Waals surface area contributed by atoms with Gasteiger partial charge in [-0.1, -0.05) is 43.2 Å². The van der Waals surface area contributed by atoms with Crippen LogP contribution in [0.5, 0.6) is 0 Å². The smallest absolute Gasteiger partial charge is 0.251 e. The van der Waals surface area contributed by atoms with Crippen LogP contribution in [0, 0.1) is 5.92 Å². The highest BCUT2D eigenvalue weighted by atomic mass is 35.5. The highest BCUT2D eigenvalue weighted by Crippen LogP contribution is 2.29. The first-order chi connectivity index (χ1) is 16.5. The van der Waals surface area contributed by atoms with Crippen molar-refractivity contribution in [3.8, 4) is 0 Å². The van der Waals surface area contributed by atoms with Crippen LogP contribution in [0.3, 0.4) is 0 Å². The number of carbonyl (C=O) groups is 2. The quantitative estimate of drug-likeness (QED) is 0.414. The topological polar surface area (TPSA) is 64.7 Å². The molecule has 34 heavy (non-hydrogen) atoms. The third kappa shape index (κ3) is 5.88. The number of thiocarbonyl (C=S) groups is 1. The monoisotopic (exact) mass is 500 g/mol. The number of nitrogens with one attached hydrogen (secondary N) is 2. The molecule has 1 aromatic carbocycles. The number of benzene rings is 1. The Kier molecular flexibility index (Phi) is 8.40. The van der Waals surface area contributed by atoms with Crippen molar-refractivity contribution in [1.82, 2.24) is 20.4 Å². The summed E-state index contributed by atoms with van der Waals surface area (Å²) in [5.41, 5.74) is 2.24. The molecular weight excluding hydrogens is 468 g/mol. The van der Waals surface area contributed by atoms with Crippen molar-refractivity contribution in [3.63, 3.8) is 0 Å². The average molecular weight is 501 g/mol. The molecule has 1 aliphatic carbocycles. The van der Waals surface area contributed by atoms with Gasteiger partial charge in [0.2, 0.25) is 5.91 Å². The molecule has 2 N–H and O–H groups in total. The standard InChI is InChI=1S/C26H33ClN4O2S/c1-2-21-6-3-4-14-30(21)15-5-13-28-24(32)19-9-12-22-23(16-19)29-26(34)31(25(22)33)17-18-7-10-20(27)11-8-18/h7-11,16,21-22H,2-6,12-15,17H2,1H3,(H,28,32)(H,29,34). The average Bonchev–Trinajstić information content (AvgIpc) is 2.85. The Labute approximate surface area is 212 Å². The van der Waals surface area contributed by atoms with E-state index in [4.69, 9.17) is 23.8 Å². The first-order valence-electron chi connectivity index (χ1n) is 12.3. The van der Waals surface area contributed by atoms with Gasteiger partial charge in [0.15, 0.2) is 5.11 Å². The van der Waals surface area contributed by atoms with Crippen molar-refractivity contribution in [2.24, 2.45) is 5.92 Å². The van der Waals surface area contributed by atoms with Crippen LogP contribution in [0.1, 0.15) is 51.0 Å². The van der Waals surface area contributed by atoms with Gasteiger partial charge in [-0.25, -0.2) is 0 Å². The molecule has 0 saturated carbocycles. The van der Waals surface area contributed by atoms with Gasteiger partial charge in [-0.3, -0.25) is 14.5 Å². The molecule has 3 aliphatic rings. The van der Waals surface area contributed by atoms with E-state index in [0.717, 1.165) is 18.5 Å². The number of allylic oxidation sites excluding steroid dienone is 1. The van der Waals surface area contributed by atoms with E-state index in [1.807, 2.05) is 18.2 Å². The van der Waals surface area contributed by atoms with Crippen molar-refractivity contribution in [2.45, 2.75) is 58.0 Å². The van der Waals surface area contributed by atoms with Gasteiger partial charge in [0, 0.05) is 35.4 Å². The van der Waals surface area contributed by atoms with Crippen LogP contribution in [0.25, 0.3) is 0 Å². The number of amides is 2. The van der Waals surface area contributed by atoms with E-state index >= 15 is 0 Å². The van der Waals surface area contributed by atoms with Crippen molar-refractivity contribution in [2.75, 3.05) is 19.6 Å². The molecule has 4 rings (SSSR count). The number of piperidine rings is 1. The number of nitrogens with zero attached hydrogens (tertiary/aromatic N) is 2. The number of carbonyl (C=O) groups excluding carboxylic acids is 2. The number of halogens is 1. The fraction of sp³-hybridized carbons (Fsp3) is 0.500. The minimum Gasteiger partial charge on any atom is -0.352 e.